The number of para-hydroxylation sites is 2. The van der Waals surface area contributed by atoms with Gasteiger partial charge in [0.2, 0.25) is 0 Å². The van der Waals surface area contributed by atoms with Gasteiger partial charge in [0.15, 0.2) is 0 Å². The second kappa shape index (κ2) is 13.0. The van der Waals surface area contributed by atoms with Crippen LogP contribution in [-0.2, 0) is 10.8 Å². The van der Waals surface area contributed by atoms with Crippen LogP contribution >= 0.6 is 0 Å². The summed E-state index contributed by atoms with van der Waals surface area (Å²) in [6, 6.07) is 77.9. The average Bonchev–Trinajstić information content (AvgIpc) is 3.91. The number of hydrogen-bond acceptors (Lipinski definition) is 2. The van der Waals surface area contributed by atoms with Crippen LogP contribution in [0, 0.1) is 0 Å². The maximum absolute atomic E-state index is 6.58. The third-order valence-electron chi connectivity index (χ3n) is 13.6. The van der Waals surface area contributed by atoms with Crippen LogP contribution in [0.4, 0.5) is 17.1 Å². The molecular weight excluding hydrogens is 727 g/mol. The molecular formula is C58H41NO. The van der Waals surface area contributed by atoms with Crippen molar-refractivity contribution >= 4 is 39.0 Å². The Bertz CT molecular complexity index is 3310. The average molecular weight is 768 g/mol. The molecule has 0 amide bonds. The van der Waals surface area contributed by atoms with E-state index in [0.717, 1.165) is 50.1 Å². The molecule has 12 rings (SSSR count). The van der Waals surface area contributed by atoms with Crippen molar-refractivity contribution in [1.82, 2.24) is 0 Å². The van der Waals surface area contributed by atoms with Crippen LogP contribution in [-0.4, -0.2) is 0 Å². The summed E-state index contributed by atoms with van der Waals surface area (Å²) in [5.41, 5.74) is 19.7. The molecule has 2 heteroatoms. The molecule has 9 aromatic carbocycles. The van der Waals surface area contributed by atoms with Gasteiger partial charge in [-0.3, -0.25) is 0 Å². The molecule has 10 aromatic rings. The van der Waals surface area contributed by atoms with Crippen molar-refractivity contribution in [3.63, 3.8) is 0 Å². The Morgan fingerprint density at radius 2 is 0.867 bits per heavy atom. The van der Waals surface area contributed by atoms with Crippen LogP contribution in [0.5, 0.6) is 0 Å². The van der Waals surface area contributed by atoms with E-state index in [1.54, 1.807) is 0 Å². The first kappa shape index (κ1) is 34.6. The Morgan fingerprint density at radius 3 is 1.62 bits per heavy atom. The highest BCUT2D eigenvalue weighted by Gasteiger charge is 2.42. The zero-order chi connectivity index (χ0) is 40.0. The number of anilines is 3. The molecule has 2 aliphatic carbocycles. The van der Waals surface area contributed by atoms with E-state index in [9.17, 15) is 0 Å². The highest BCUT2D eigenvalue weighted by atomic mass is 16.3. The maximum Gasteiger partial charge on any atom is 0.143 e. The Balaban J connectivity index is 1.09. The Kier molecular flexibility index (Phi) is 7.52. The molecule has 0 bridgehead atoms. The summed E-state index contributed by atoms with van der Waals surface area (Å²) in [5, 5.41) is 2.26. The Labute approximate surface area is 350 Å². The summed E-state index contributed by atoms with van der Waals surface area (Å²) in [5.74, 6) is 0. The van der Waals surface area contributed by atoms with E-state index in [1.807, 2.05) is 6.07 Å². The van der Waals surface area contributed by atoms with Crippen LogP contribution in [0.1, 0.15) is 47.2 Å². The van der Waals surface area contributed by atoms with Crippen molar-refractivity contribution in [3.05, 3.63) is 246 Å². The molecule has 1 aromatic heterocycles. The van der Waals surface area contributed by atoms with E-state index in [-0.39, 0.29) is 10.8 Å². The van der Waals surface area contributed by atoms with Gasteiger partial charge in [-0.1, -0.05) is 170 Å². The second-order valence-corrected chi connectivity index (χ2v) is 16.7. The predicted molar refractivity (Wildman–Crippen MR) is 249 cm³/mol. The lowest BCUT2D eigenvalue weighted by molar-refractivity contribution is 0.670. The van der Waals surface area contributed by atoms with Gasteiger partial charge in [0, 0.05) is 44.2 Å². The van der Waals surface area contributed by atoms with E-state index in [4.69, 9.17) is 4.42 Å². The first-order chi connectivity index (χ1) is 29.5. The number of furan rings is 1. The van der Waals surface area contributed by atoms with Crippen molar-refractivity contribution in [2.75, 3.05) is 4.90 Å². The molecule has 2 aliphatic rings. The Morgan fingerprint density at radius 1 is 0.350 bits per heavy atom. The molecule has 0 spiro atoms. The fourth-order valence-electron chi connectivity index (χ4n) is 10.6. The molecule has 0 fully saturated rings. The zero-order valence-corrected chi connectivity index (χ0v) is 33.6. The van der Waals surface area contributed by atoms with Gasteiger partial charge < -0.3 is 9.32 Å². The lowest BCUT2D eigenvalue weighted by Gasteiger charge is -2.31. The minimum Gasteiger partial charge on any atom is -0.455 e. The monoisotopic (exact) mass is 767 g/mol. The lowest BCUT2D eigenvalue weighted by atomic mass is 9.74. The van der Waals surface area contributed by atoms with E-state index in [2.05, 4.69) is 225 Å². The van der Waals surface area contributed by atoms with Gasteiger partial charge in [-0.25, -0.2) is 0 Å². The largest absolute Gasteiger partial charge is 0.455 e. The fourth-order valence-corrected chi connectivity index (χ4v) is 10.6. The molecule has 2 atom stereocenters. The standard InChI is InChI=1S/C58H41NO/c1-57(39-18-5-3-6-19-39)52-29-13-10-24-46(52)50-36-42(32-34-53(50)57)59(41-22-15-17-38(35-41)44-26-16-27-49-48-25-11-14-30-55(48)60-56(44)49)43-31-33-47-45-23-9-12-28-51(45)58(2,54(47)37-43)40-20-7-4-8-21-40/h3-37H,1-2H3. The normalized spacial score (nSPS) is 17.3. The highest BCUT2D eigenvalue weighted by Crippen LogP contribution is 2.56. The number of nitrogens with zero attached hydrogens (tertiary/aromatic N) is 1. The number of benzene rings is 9. The van der Waals surface area contributed by atoms with Gasteiger partial charge in [0.1, 0.15) is 11.2 Å². The smallest absolute Gasteiger partial charge is 0.143 e. The van der Waals surface area contributed by atoms with E-state index >= 15 is 0 Å². The third-order valence-corrected chi connectivity index (χ3v) is 13.6. The first-order valence-corrected chi connectivity index (χ1v) is 20.9. The predicted octanol–water partition coefficient (Wildman–Crippen LogP) is 15.4. The van der Waals surface area contributed by atoms with E-state index in [0.29, 0.717) is 0 Å². The van der Waals surface area contributed by atoms with Gasteiger partial charge in [0.05, 0.1) is 0 Å². The van der Waals surface area contributed by atoms with E-state index in [1.165, 1.54) is 55.6 Å². The summed E-state index contributed by atoms with van der Waals surface area (Å²) in [6.45, 7) is 4.78. The maximum atomic E-state index is 6.58. The molecule has 0 N–H and O–H groups in total. The summed E-state index contributed by atoms with van der Waals surface area (Å²) in [6.07, 6.45) is 0. The van der Waals surface area contributed by atoms with Crippen molar-refractivity contribution < 1.29 is 4.42 Å². The van der Waals surface area contributed by atoms with Crippen LogP contribution in [0.2, 0.25) is 0 Å². The van der Waals surface area contributed by atoms with Crippen LogP contribution < -0.4 is 4.90 Å². The minimum atomic E-state index is -0.331. The van der Waals surface area contributed by atoms with Crippen LogP contribution in [0.25, 0.3) is 55.3 Å². The van der Waals surface area contributed by atoms with Crippen molar-refractivity contribution in [3.8, 4) is 33.4 Å². The lowest BCUT2D eigenvalue weighted by Crippen LogP contribution is -2.23. The quantitative estimate of drug-likeness (QED) is 0.168. The van der Waals surface area contributed by atoms with Crippen LogP contribution in [0.3, 0.4) is 0 Å². The summed E-state index contributed by atoms with van der Waals surface area (Å²) >= 11 is 0. The molecule has 2 nitrogen and oxygen atoms in total. The molecule has 1 heterocycles. The summed E-state index contributed by atoms with van der Waals surface area (Å²) in [4.78, 5) is 2.46. The summed E-state index contributed by atoms with van der Waals surface area (Å²) < 4.78 is 6.58. The second-order valence-electron chi connectivity index (χ2n) is 16.7. The first-order valence-electron chi connectivity index (χ1n) is 20.9. The minimum absolute atomic E-state index is 0.279. The number of hydrogen-bond donors (Lipinski definition) is 0. The van der Waals surface area contributed by atoms with Gasteiger partial charge in [-0.2, -0.15) is 0 Å². The molecule has 0 aliphatic heterocycles. The van der Waals surface area contributed by atoms with Gasteiger partial charge in [-0.05, 0) is 118 Å². The fraction of sp³-hybridized carbons (Fsp3) is 0.0690. The topological polar surface area (TPSA) is 16.4 Å². The molecule has 0 saturated heterocycles. The van der Waals surface area contributed by atoms with Crippen LogP contribution in [0.15, 0.2) is 217 Å². The number of rotatable bonds is 6. The molecule has 0 radical (unpaired) electrons. The van der Waals surface area contributed by atoms with Gasteiger partial charge in [0.25, 0.3) is 0 Å². The highest BCUT2D eigenvalue weighted by molar-refractivity contribution is 6.09. The molecule has 284 valence electrons. The van der Waals surface area contributed by atoms with Gasteiger partial charge >= 0.3 is 0 Å². The zero-order valence-electron chi connectivity index (χ0n) is 33.6. The Hall–Kier alpha value is -7.42. The van der Waals surface area contributed by atoms with E-state index < -0.39 is 0 Å². The SMILES string of the molecule is CC1(c2ccccc2)c2ccccc2-c2cc(N(c3cccc(-c4cccc5c4oc4ccccc45)c3)c3ccc4c(c3)C(C)(c3ccccc3)c3ccccc3-4)ccc21. The summed E-state index contributed by atoms with van der Waals surface area (Å²) in [7, 11) is 0. The molecule has 60 heavy (non-hydrogen) atoms. The van der Waals surface area contributed by atoms with Gasteiger partial charge in [-0.15, -0.1) is 0 Å². The van der Waals surface area contributed by atoms with Crippen molar-refractivity contribution in [1.29, 1.82) is 0 Å². The third kappa shape index (κ3) is 4.88. The number of fused-ring (bicyclic) bond motifs is 9. The van der Waals surface area contributed by atoms with Crippen molar-refractivity contribution in [2.24, 2.45) is 0 Å². The molecule has 0 saturated carbocycles. The van der Waals surface area contributed by atoms with Crippen molar-refractivity contribution in [2.45, 2.75) is 24.7 Å². The molecule has 2 unspecified atom stereocenters.